The third-order valence-electron chi connectivity index (χ3n) is 4.66. The normalized spacial score (nSPS) is 17.5. The van der Waals surface area contributed by atoms with Crippen LogP contribution in [0.2, 0.25) is 0 Å². The van der Waals surface area contributed by atoms with Gasteiger partial charge in [0.15, 0.2) is 0 Å². The maximum absolute atomic E-state index is 10.5. The van der Waals surface area contributed by atoms with E-state index in [0.29, 0.717) is 12.5 Å². The molecular formula is C16H24N4O. The Hall–Kier alpha value is -1.62. The van der Waals surface area contributed by atoms with Crippen molar-refractivity contribution in [2.75, 3.05) is 0 Å². The van der Waals surface area contributed by atoms with Crippen LogP contribution in [0.1, 0.15) is 60.5 Å². The first-order valence-corrected chi connectivity index (χ1v) is 7.78. The Morgan fingerprint density at radius 1 is 1.29 bits per heavy atom. The maximum Gasteiger partial charge on any atom is 0.0881 e. The van der Waals surface area contributed by atoms with E-state index in [1.807, 2.05) is 31.6 Å². The Balaban J connectivity index is 1.74. The van der Waals surface area contributed by atoms with Crippen molar-refractivity contribution in [3.63, 3.8) is 0 Å². The van der Waals surface area contributed by atoms with Gasteiger partial charge in [-0.2, -0.15) is 10.2 Å². The summed E-state index contributed by atoms with van der Waals surface area (Å²) in [6, 6.07) is 2.58. The molecule has 0 bridgehead atoms. The van der Waals surface area contributed by atoms with Crippen molar-refractivity contribution in [1.82, 2.24) is 19.6 Å². The molecule has 1 unspecified atom stereocenters. The quantitative estimate of drug-likeness (QED) is 0.941. The van der Waals surface area contributed by atoms with E-state index in [-0.39, 0.29) is 0 Å². The molecule has 114 valence electrons. The van der Waals surface area contributed by atoms with Crippen LogP contribution in [-0.4, -0.2) is 24.7 Å². The molecular weight excluding hydrogens is 264 g/mol. The summed E-state index contributed by atoms with van der Waals surface area (Å²) in [5.74, 6) is 0. The van der Waals surface area contributed by atoms with Crippen LogP contribution < -0.4 is 0 Å². The lowest BCUT2D eigenvalue weighted by molar-refractivity contribution is 0.175. The molecule has 21 heavy (non-hydrogen) atoms. The van der Waals surface area contributed by atoms with Gasteiger partial charge in [-0.05, 0) is 32.8 Å². The van der Waals surface area contributed by atoms with E-state index in [4.69, 9.17) is 0 Å². The lowest BCUT2D eigenvalue weighted by atomic mass is 10.0. The van der Waals surface area contributed by atoms with Crippen molar-refractivity contribution >= 4 is 0 Å². The summed E-state index contributed by atoms with van der Waals surface area (Å²) in [5.41, 5.74) is 3.82. The molecule has 2 aromatic rings. The standard InChI is InChI=1S/C16H24N4O/c1-11-16(12(2)19(3)17-11)15(21)10-13-8-9-20(18-13)14-6-4-5-7-14/h8-9,14-15,21H,4-7,10H2,1-3H3. The lowest BCUT2D eigenvalue weighted by Crippen LogP contribution is -2.08. The Labute approximate surface area is 125 Å². The number of hydrogen-bond acceptors (Lipinski definition) is 3. The first kappa shape index (κ1) is 14.3. The van der Waals surface area contributed by atoms with E-state index in [2.05, 4.69) is 21.1 Å². The first-order chi connectivity index (χ1) is 10.1. The molecule has 0 spiro atoms. The Kier molecular flexibility index (Phi) is 3.85. The Morgan fingerprint density at radius 3 is 2.62 bits per heavy atom. The molecule has 0 amide bonds. The van der Waals surface area contributed by atoms with E-state index in [1.165, 1.54) is 25.7 Å². The fraction of sp³-hybridized carbons (Fsp3) is 0.625. The average molecular weight is 288 g/mol. The minimum Gasteiger partial charge on any atom is -0.388 e. The summed E-state index contributed by atoms with van der Waals surface area (Å²) in [4.78, 5) is 0. The summed E-state index contributed by atoms with van der Waals surface area (Å²) in [5, 5.41) is 19.5. The molecule has 2 aromatic heterocycles. The van der Waals surface area contributed by atoms with Gasteiger partial charge in [-0.1, -0.05) is 12.8 Å². The Bertz CT molecular complexity index is 622. The van der Waals surface area contributed by atoms with Crippen molar-refractivity contribution in [2.45, 2.75) is 58.1 Å². The van der Waals surface area contributed by atoms with Gasteiger partial charge in [0.05, 0.1) is 23.5 Å². The van der Waals surface area contributed by atoms with Crippen LogP contribution in [0.3, 0.4) is 0 Å². The number of aliphatic hydroxyl groups is 1. The van der Waals surface area contributed by atoms with Gasteiger partial charge in [0, 0.05) is 30.9 Å². The van der Waals surface area contributed by atoms with Crippen LogP contribution in [0.25, 0.3) is 0 Å². The summed E-state index contributed by atoms with van der Waals surface area (Å²) in [7, 11) is 1.91. The average Bonchev–Trinajstić information content (AvgIpc) is 3.11. The molecule has 0 radical (unpaired) electrons. The third-order valence-corrected chi connectivity index (χ3v) is 4.66. The Morgan fingerprint density at radius 2 is 2.00 bits per heavy atom. The second-order valence-electron chi connectivity index (χ2n) is 6.15. The molecule has 1 fully saturated rings. The van der Waals surface area contributed by atoms with Gasteiger partial charge < -0.3 is 5.11 Å². The van der Waals surface area contributed by atoms with E-state index >= 15 is 0 Å². The topological polar surface area (TPSA) is 55.9 Å². The largest absolute Gasteiger partial charge is 0.388 e. The van der Waals surface area contributed by atoms with Crippen LogP contribution >= 0.6 is 0 Å². The third kappa shape index (κ3) is 2.75. The van der Waals surface area contributed by atoms with E-state index in [9.17, 15) is 5.11 Å². The molecule has 0 aliphatic heterocycles. The molecule has 0 aromatic carbocycles. The molecule has 3 rings (SSSR count). The highest BCUT2D eigenvalue weighted by Gasteiger charge is 2.21. The van der Waals surface area contributed by atoms with Crippen LogP contribution in [0, 0.1) is 13.8 Å². The zero-order chi connectivity index (χ0) is 15.0. The molecule has 1 N–H and O–H groups in total. The van der Waals surface area contributed by atoms with Crippen molar-refractivity contribution < 1.29 is 5.11 Å². The number of rotatable bonds is 4. The zero-order valence-corrected chi connectivity index (χ0v) is 13.1. The number of aliphatic hydroxyl groups excluding tert-OH is 1. The van der Waals surface area contributed by atoms with Gasteiger partial charge >= 0.3 is 0 Å². The van der Waals surface area contributed by atoms with E-state index in [1.54, 1.807) is 0 Å². The number of nitrogens with zero attached hydrogens (tertiary/aromatic N) is 4. The molecule has 1 saturated carbocycles. The number of aromatic nitrogens is 4. The summed E-state index contributed by atoms with van der Waals surface area (Å²) in [6.45, 7) is 3.94. The van der Waals surface area contributed by atoms with Crippen molar-refractivity contribution in [1.29, 1.82) is 0 Å². The highest BCUT2D eigenvalue weighted by Crippen LogP contribution is 2.29. The van der Waals surface area contributed by atoms with Gasteiger partial charge in [0.2, 0.25) is 0 Å². The number of hydrogen-bond donors (Lipinski definition) is 1. The smallest absolute Gasteiger partial charge is 0.0881 e. The molecule has 5 nitrogen and oxygen atoms in total. The first-order valence-electron chi connectivity index (χ1n) is 7.78. The van der Waals surface area contributed by atoms with Crippen LogP contribution in [0.4, 0.5) is 0 Å². The summed E-state index contributed by atoms with van der Waals surface area (Å²) in [6.07, 6.45) is 7.13. The second-order valence-corrected chi connectivity index (χ2v) is 6.15. The van der Waals surface area contributed by atoms with Crippen LogP contribution in [0.5, 0.6) is 0 Å². The fourth-order valence-electron chi connectivity index (χ4n) is 3.43. The monoisotopic (exact) mass is 288 g/mol. The zero-order valence-electron chi connectivity index (χ0n) is 13.1. The predicted molar refractivity (Wildman–Crippen MR) is 81.1 cm³/mol. The number of aryl methyl sites for hydroxylation is 2. The maximum atomic E-state index is 10.5. The second kappa shape index (κ2) is 5.64. The van der Waals surface area contributed by atoms with Gasteiger partial charge in [0.25, 0.3) is 0 Å². The molecule has 2 heterocycles. The minimum atomic E-state index is -0.536. The molecule has 0 saturated heterocycles. The minimum absolute atomic E-state index is 0.536. The van der Waals surface area contributed by atoms with E-state index in [0.717, 1.165) is 22.6 Å². The molecule has 1 aliphatic rings. The molecule has 1 aliphatic carbocycles. The molecule has 1 atom stereocenters. The van der Waals surface area contributed by atoms with Crippen LogP contribution in [0.15, 0.2) is 12.3 Å². The van der Waals surface area contributed by atoms with Crippen LogP contribution in [-0.2, 0) is 13.5 Å². The lowest BCUT2D eigenvalue weighted by Gasteiger charge is -2.11. The summed E-state index contributed by atoms with van der Waals surface area (Å²) >= 11 is 0. The highest BCUT2D eigenvalue weighted by atomic mass is 16.3. The van der Waals surface area contributed by atoms with Gasteiger partial charge in [-0.25, -0.2) is 0 Å². The molecule has 5 heteroatoms. The highest BCUT2D eigenvalue weighted by molar-refractivity contribution is 5.27. The van der Waals surface area contributed by atoms with Gasteiger partial charge in [-0.15, -0.1) is 0 Å². The predicted octanol–water partition coefficient (Wildman–Crippen LogP) is 2.62. The van der Waals surface area contributed by atoms with Gasteiger partial charge in [-0.3, -0.25) is 9.36 Å². The van der Waals surface area contributed by atoms with Crippen molar-refractivity contribution in [3.05, 3.63) is 34.9 Å². The van der Waals surface area contributed by atoms with Gasteiger partial charge in [0.1, 0.15) is 0 Å². The summed E-state index contributed by atoms with van der Waals surface area (Å²) < 4.78 is 3.91. The van der Waals surface area contributed by atoms with E-state index < -0.39 is 6.10 Å². The van der Waals surface area contributed by atoms with Crippen molar-refractivity contribution in [2.24, 2.45) is 7.05 Å². The van der Waals surface area contributed by atoms with Crippen molar-refractivity contribution in [3.8, 4) is 0 Å². The SMILES string of the molecule is Cc1nn(C)c(C)c1C(O)Cc1ccn(C2CCCC2)n1. The fourth-order valence-corrected chi connectivity index (χ4v) is 3.43.